The maximum Gasteiger partial charge on any atom is 0.223 e. The monoisotopic (exact) mass is 161 g/mol. The minimum absolute atomic E-state index is 0.121. The number of nitrogens with one attached hydrogen (secondary N) is 1. The number of aliphatic hydroxyl groups is 1. The summed E-state index contributed by atoms with van der Waals surface area (Å²) in [6.45, 7) is 0.665. The van der Waals surface area contributed by atoms with Crippen molar-refractivity contribution in [1.29, 1.82) is 0 Å². The van der Waals surface area contributed by atoms with Gasteiger partial charge in [0.05, 0.1) is 0 Å². The zero-order chi connectivity index (χ0) is 8.36. The second-order valence-electron chi connectivity index (χ2n) is 1.52. The van der Waals surface area contributed by atoms with E-state index in [-0.39, 0.29) is 6.61 Å². The Bertz CT molecular complexity index is 126. The molecule has 0 atom stereocenters. The molecular formula is C4H11N5O2. The predicted molar refractivity (Wildman–Crippen MR) is 38.3 cm³/mol. The second kappa shape index (κ2) is 8.79. The summed E-state index contributed by atoms with van der Waals surface area (Å²) in [5, 5.41) is 17.5. The first-order valence-corrected chi connectivity index (χ1v) is 3.03. The van der Waals surface area contributed by atoms with Gasteiger partial charge in [0.25, 0.3) is 0 Å². The van der Waals surface area contributed by atoms with Crippen molar-refractivity contribution in [2.24, 2.45) is 21.4 Å². The van der Waals surface area contributed by atoms with Crippen LogP contribution in [0, 0.1) is 0 Å². The van der Waals surface area contributed by atoms with Crippen LogP contribution in [0.15, 0.2) is 15.5 Å². The van der Waals surface area contributed by atoms with E-state index in [0.29, 0.717) is 13.0 Å². The van der Waals surface area contributed by atoms with Gasteiger partial charge in [0.1, 0.15) is 0 Å². The van der Waals surface area contributed by atoms with Crippen LogP contribution in [-0.4, -0.2) is 24.7 Å². The van der Waals surface area contributed by atoms with Gasteiger partial charge < -0.3 is 15.8 Å². The SMILES string of the molecule is N/N=N/N=C/ONCCCO. The molecule has 0 aliphatic heterocycles. The standard InChI is InChI=1S/C4H11N5O2/c5-8-9-6-4-11-7-2-1-3-10/h4,7,10H,1-3H2,(H2,5,9)/b6-4+. The molecule has 0 aromatic rings. The summed E-state index contributed by atoms with van der Waals surface area (Å²) < 4.78 is 0. The highest BCUT2D eigenvalue weighted by Crippen LogP contribution is 1.72. The van der Waals surface area contributed by atoms with Crippen LogP contribution < -0.4 is 11.3 Å². The van der Waals surface area contributed by atoms with Crippen molar-refractivity contribution in [2.45, 2.75) is 6.42 Å². The normalized spacial score (nSPS) is 11.4. The first-order chi connectivity index (χ1) is 5.41. The molecule has 0 aromatic carbocycles. The maximum atomic E-state index is 8.33. The third-order valence-electron chi connectivity index (χ3n) is 0.723. The lowest BCUT2D eigenvalue weighted by Crippen LogP contribution is -2.15. The fourth-order valence-electron chi connectivity index (χ4n) is 0.322. The summed E-state index contributed by atoms with van der Waals surface area (Å²) in [6.07, 6.45) is 1.67. The van der Waals surface area contributed by atoms with E-state index in [1.54, 1.807) is 0 Å². The van der Waals surface area contributed by atoms with Crippen LogP contribution in [0.25, 0.3) is 0 Å². The molecule has 0 aromatic heterocycles. The molecule has 7 nitrogen and oxygen atoms in total. The van der Waals surface area contributed by atoms with Gasteiger partial charge in [0.15, 0.2) is 0 Å². The van der Waals surface area contributed by atoms with Crippen LogP contribution in [-0.2, 0) is 4.84 Å². The molecule has 0 aliphatic carbocycles. The van der Waals surface area contributed by atoms with E-state index in [0.717, 1.165) is 6.40 Å². The van der Waals surface area contributed by atoms with Crippen LogP contribution in [0.3, 0.4) is 0 Å². The van der Waals surface area contributed by atoms with E-state index >= 15 is 0 Å². The maximum absolute atomic E-state index is 8.33. The number of hydrogen-bond donors (Lipinski definition) is 3. The molecule has 0 aliphatic rings. The Morgan fingerprint density at radius 1 is 1.64 bits per heavy atom. The molecule has 0 saturated heterocycles. The number of nitrogens with zero attached hydrogens (tertiary/aromatic N) is 3. The lowest BCUT2D eigenvalue weighted by molar-refractivity contribution is 0.177. The topological polar surface area (TPSA) is 105 Å². The van der Waals surface area contributed by atoms with Crippen molar-refractivity contribution in [3.8, 4) is 0 Å². The molecule has 11 heavy (non-hydrogen) atoms. The lowest BCUT2D eigenvalue weighted by Gasteiger charge is -1.97. The highest BCUT2D eigenvalue weighted by Gasteiger charge is 1.81. The largest absolute Gasteiger partial charge is 0.396 e. The molecule has 7 heteroatoms. The average Bonchev–Trinajstić information content (AvgIpc) is 2.03. The van der Waals surface area contributed by atoms with Gasteiger partial charge in [-0.15, -0.1) is 0 Å². The fraction of sp³-hybridized carbons (Fsp3) is 0.750. The Hall–Kier alpha value is -1.21. The van der Waals surface area contributed by atoms with Crippen LogP contribution in [0.4, 0.5) is 0 Å². The van der Waals surface area contributed by atoms with Gasteiger partial charge in [-0.3, -0.25) is 0 Å². The van der Waals surface area contributed by atoms with E-state index in [4.69, 9.17) is 5.11 Å². The van der Waals surface area contributed by atoms with E-state index in [9.17, 15) is 0 Å². The fourth-order valence-corrected chi connectivity index (χ4v) is 0.322. The average molecular weight is 161 g/mol. The molecule has 0 fully saturated rings. The van der Waals surface area contributed by atoms with Crippen molar-refractivity contribution in [2.75, 3.05) is 13.2 Å². The van der Waals surface area contributed by atoms with Gasteiger partial charge in [-0.2, -0.15) is 5.48 Å². The molecule has 0 saturated carbocycles. The quantitative estimate of drug-likeness (QED) is 0.118. The zero-order valence-electron chi connectivity index (χ0n) is 5.97. The Morgan fingerprint density at radius 2 is 2.45 bits per heavy atom. The number of aliphatic hydroxyl groups excluding tert-OH is 1. The molecule has 0 heterocycles. The smallest absolute Gasteiger partial charge is 0.223 e. The predicted octanol–water partition coefficient (Wildman–Crippen LogP) is -0.841. The Morgan fingerprint density at radius 3 is 3.09 bits per heavy atom. The minimum Gasteiger partial charge on any atom is -0.396 e. The van der Waals surface area contributed by atoms with Gasteiger partial charge >= 0.3 is 0 Å². The molecule has 0 amide bonds. The number of hydroxylamine groups is 1. The molecule has 0 radical (unpaired) electrons. The first kappa shape index (κ1) is 9.79. The highest BCUT2D eigenvalue weighted by atomic mass is 16.6. The first-order valence-electron chi connectivity index (χ1n) is 3.03. The third-order valence-corrected chi connectivity index (χ3v) is 0.723. The van der Waals surface area contributed by atoms with Crippen LogP contribution >= 0.6 is 0 Å². The summed E-state index contributed by atoms with van der Waals surface area (Å²) in [5.41, 5.74) is 2.49. The van der Waals surface area contributed by atoms with Gasteiger partial charge in [-0.05, 0) is 11.6 Å². The molecule has 0 rings (SSSR count). The second-order valence-corrected chi connectivity index (χ2v) is 1.52. The Labute approximate surface area is 63.9 Å². The zero-order valence-corrected chi connectivity index (χ0v) is 5.97. The summed E-state index contributed by atoms with van der Waals surface area (Å²) in [6, 6.07) is 0. The van der Waals surface area contributed by atoms with Gasteiger partial charge in [0, 0.05) is 13.2 Å². The van der Waals surface area contributed by atoms with Crippen LogP contribution in [0.5, 0.6) is 0 Å². The van der Waals surface area contributed by atoms with Crippen LogP contribution in [0.2, 0.25) is 0 Å². The summed E-state index contributed by atoms with van der Waals surface area (Å²) in [5.74, 6) is 4.63. The van der Waals surface area contributed by atoms with Gasteiger partial charge in [-0.1, -0.05) is 10.3 Å². The lowest BCUT2D eigenvalue weighted by atomic mass is 10.5. The summed E-state index contributed by atoms with van der Waals surface area (Å²) in [4.78, 5) is 4.58. The van der Waals surface area contributed by atoms with Gasteiger partial charge in [-0.25, -0.2) is 0 Å². The molecule has 64 valence electrons. The molecular weight excluding hydrogens is 150 g/mol. The van der Waals surface area contributed by atoms with Crippen molar-refractivity contribution >= 4 is 6.40 Å². The number of rotatable bonds is 6. The summed E-state index contributed by atoms with van der Waals surface area (Å²) >= 11 is 0. The highest BCUT2D eigenvalue weighted by molar-refractivity contribution is 5.45. The third kappa shape index (κ3) is 8.79. The van der Waals surface area contributed by atoms with E-state index < -0.39 is 0 Å². The molecule has 0 unspecified atom stereocenters. The van der Waals surface area contributed by atoms with Crippen molar-refractivity contribution in [1.82, 2.24) is 5.48 Å². The molecule has 4 N–H and O–H groups in total. The van der Waals surface area contributed by atoms with Crippen molar-refractivity contribution in [3.05, 3.63) is 0 Å². The van der Waals surface area contributed by atoms with Crippen molar-refractivity contribution in [3.63, 3.8) is 0 Å². The Balaban J connectivity index is 3.01. The number of hydrogen-bond acceptors (Lipinski definition) is 5. The molecule has 0 bridgehead atoms. The van der Waals surface area contributed by atoms with E-state index in [1.807, 2.05) is 0 Å². The number of nitrogens with two attached hydrogens (primary N) is 1. The van der Waals surface area contributed by atoms with E-state index in [1.165, 1.54) is 0 Å². The Kier molecular flexibility index (Phi) is 7.82. The summed E-state index contributed by atoms with van der Waals surface area (Å²) in [7, 11) is 0. The van der Waals surface area contributed by atoms with Crippen molar-refractivity contribution < 1.29 is 9.94 Å². The molecule has 0 spiro atoms. The van der Waals surface area contributed by atoms with Gasteiger partial charge in [0.2, 0.25) is 6.40 Å². The van der Waals surface area contributed by atoms with E-state index in [2.05, 4.69) is 31.7 Å². The van der Waals surface area contributed by atoms with Crippen LogP contribution in [0.1, 0.15) is 6.42 Å². The minimum atomic E-state index is 0.121.